The number of fused-ring (bicyclic) bond motifs is 1. The monoisotopic (exact) mass is 388 g/mol. The van der Waals surface area contributed by atoms with Crippen molar-refractivity contribution in [1.29, 1.82) is 0 Å². The van der Waals surface area contributed by atoms with Crippen molar-refractivity contribution < 1.29 is 18.3 Å². The topological polar surface area (TPSA) is 95.5 Å². The van der Waals surface area contributed by atoms with Crippen molar-refractivity contribution in [2.24, 2.45) is 0 Å². The van der Waals surface area contributed by atoms with E-state index < -0.39 is 22.0 Å². The summed E-state index contributed by atoms with van der Waals surface area (Å²) < 4.78 is 28.0. The van der Waals surface area contributed by atoms with Crippen LogP contribution in [-0.2, 0) is 33.2 Å². The fourth-order valence-corrected chi connectivity index (χ4v) is 4.19. The second-order valence-electron chi connectivity index (χ2n) is 7.84. The number of anilines is 1. The Balaban J connectivity index is 1.81. The third-order valence-corrected chi connectivity index (χ3v) is 6.13. The van der Waals surface area contributed by atoms with Crippen molar-refractivity contribution in [2.75, 3.05) is 4.72 Å². The van der Waals surface area contributed by atoms with Crippen molar-refractivity contribution in [3.8, 4) is 0 Å². The molecule has 0 aromatic heterocycles. The number of nitrogens with one attached hydrogen (secondary N) is 2. The van der Waals surface area contributed by atoms with E-state index in [1.54, 1.807) is 24.3 Å². The van der Waals surface area contributed by atoms with E-state index >= 15 is 0 Å². The summed E-state index contributed by atoms with van der Waals surface area (Å²) in [5.41, 5.74) is 3.28. The molecule has 2 aromatic carbocycles. The average molecular weight is 388 g/mol. The van der Waals surface area contributed by atoms with Gasteiger partial charge in [0, 0.05) is 12.2 Å². The summed E-state index contributed by atoms with van der Waals surface area (Å²) >= 11 is 0. The quantitative estimate of drug-likeness (QED) is 0.749. The Morgan fingerprint density at radius 3 is 2.37 bits per heavy atom. The maximum absolute atomic E-state index is 12.7. The van der Waals surface area contributed by atoms with Crippen LogP contribution in [0.3, 0.4) is 0 Å². The standard InChI is InChI=1S/C20H24N2O4S/c1-20(2,3)15-5-7-16(8-6-15)22-27(25,26)17-9-4-13-11-18(19(23)24)21-12-14(13)10-17/h4-10,18,21-22H,11-12H2,1-3H3,(H,23,24)/t18-/m0/s1. The van der Waals surface area contributed by atoms with Gasteiger partial charge in [0.05, 0.1) is 4.90 Å². The van der Waals surface area contributed by atoms with E-state index in [2.05, 4.69) is 30.8 Å². The lowest BCUT2D eigenvalue weighted by molar-refractivity contribution is -0.139. The molecule has 0 bridgehead atoms. The number of hydrogen-bond donors (Lipinski definition) is 3. The molecule has 144 valence electrons. The molecule has 1 aliphatic rings. The SMILES string of the molecule is CC(C)(C)c1ccc(NS(=O)(=O)c2ccc3c(c2)CN[C@H](C(=O)O)C3)cc1. The number of aliphatic carboxylic acids is 1. The summed E-state index contributed by atoms with van der Waals surface area (Å²) in [7, 11) is -3.72. The van der Waals surface area contributed by atoms with Crippen molar-refractivity contribution in [3.63, 3.8) is 0 Å². The van der Waals surface area contributed by atoms with Crippen LogP contribution in [-0.4, -0.2) is 25.5 Å². The van der Waals surface area contributed by atoms with E-state index in [0.29, 0.717) is 18.7 Å². The van der Waals surface area contributed by atoms with Gasteiger partial charge in [-0.05, 0) is 52.8 Å². The molecule has 0 saturated carbocycles. The van der Waals surface area contributed by atoms with Gasteiger partial charge in [-0.15, -0.1) is 0 Å². The number of benzene rings is 2. The highest BCUT2D eigenvalue weighted by Gasteiger charge is 2.25. The molecule has 1 heterocycles. The lowest BCUT2D eigenvalue weighted by atomic mass is 9.87. The Morgan fingerprint density at radius 1 is 1.11 bits per heavy atom. The maximum atomic E-state index is 12.7. The number of hydrogen-bond acceptors (Lipinski definition) is 4. The van der Waals surface area contributed by atoms with Gasteiger partial charge < -0.3 is 10.4 Å². The second kappa shape index (κ2) is 6.98. The van der Waals surface area contributed by atoms with Gasteiger partial charge in [-0.2, -0.15) is 0 Å². The van der Waals surface area contributed by atoms with Gasteiger partial charge in [-0.3, -0.25) is 9.52 Å². The normalized spacial score (nSPS) is 17.2. The molecule has 0 aliphatic carbocycles. The first-order chi connectivity index (χ1) is 12.6. The third kappa shape index (κ3) is 4.31. The molecule has 27 heavy (non-hydrogen) atoms. The number of sulfonamides is 1. The summed E-state index contributed by atoms with van der Waals surface area (Å²) in [4.78, 5) is 11.3. The number of rotatable bonds is 4. The molecule has 0 spiro atoms. The predicted octanol–water partition coefficient (Wildman–Crippen LogP) is 2.88. The van der Waals surface area contributed by atoms with E-state index in [1.165, 1.54) is 6.07 Å². The minimum absolute atomic E-state index is 0.00326. The Labute approximate surface area is 159 Å². The van der Waals surface area contributed by atoms with Gasteiger partial charge in [0.15, 0.2) is 0 Å². The van der Waals surface area contributed by atoms with Crippen LogP contribution >= 0.6 is 0 Å². The van der Waals surface area contributed by atoms with Crippen LogP contribution in [0.5, 0.6) is 0 Å². The van der Waals surface area contributed by atoms with E-state index in [1.807, 2.05) is 12.1 Å². The van der Waals surface area contributed by atoms with Crippen molar-refractivity contribution >= 4 is 21.7 Å². The molecule has 3 rings (SSSR count). The molecule has 0 fully saturated rings. The van der Waals surface area contributed by atoms with Crippen molar-refractivity contribution in [2.45, 2.75) is 50.1 Å². The Kier molecular flexibility index (Phi) is 5.01. The van der Waals surface area contributed by atoms with Crippen LogP contribution in [0, 0.1) is 0 Å². The van der Waals surface area contributed by atoms with E-state index in [9.17, 15) is 13.2 Å². The zero-order valence-corrected chi connectivity index (χ0v) is 16.4. The highest BCUT2D eigenvalue weighted by atomic mass is 32.2. The number of carbonyl (C=O) groups is 1. The highest BCUT2D eigenvalue weighted by molar-refractivity contribution is 7.92. The molecule has 6 nitrogen and oxygen atoms in total. The molecule has 1 atom stereocenters. The molecule has 0 amide bonds. The average Bonchev–Trinajstić information content (AvgIpc) is 2.60. The van der Waals surface area contributed by atoms with Gasteiger partial charge in [-0.25, -0.2) is 8.42 Å². The van der Waals surface area contributed by atoms with E-state index in [-0.39, 0.29) is 10.3 Å². The van der Waals surface area contributed by atoms with Crippen molar-refractivity contribution in [1.82, 2.24) is 5.32 Å². The summed E-state index contributed by atoms with van der Waals surface area (Å²) in [5, 5.41) is 12.0. The van der Waals surface area contributed by atoms with E-state index in [4.69, 9.17) is 5.11 Å². The fraction of sp³-hybridized carbons (Fsp3) is 0.350. The summed E-state index contributed by atoms with van der Waals surface area (Å²) in [6.45, 7) is 6.63. The van der Waals surface area contributed by atoms with Crippen molar-refractivity contribution in [3.05, 3.63) is 59.2 Å². The summed E-state index contributed by atoms with van der Waals surface area (Å²) in [6, 6.07) is 11.5. The highest BCUT2D eigenvalue weighted by Crippen LogP contribution is 2.26. The fourth-order valence-electron chi connectivity index (χ4n) is 3.09. The van der Waals surface area contributed by atoms with E-state index in [0.717, 1.165) is 16.7 Å². The molecule has 2 aromatic rings. The molecular weight excluding hydrogens is 364 g/mol. The smallest absolute Gasteiger partial charge is 0.321 e. The number of carboxylic acid groups (broad SMARTS) is 1. The summed E-state index contributed by atoms with van der Waals surface area (Å²) in [6.07, 6.45) is 0.340. The van der Waals surface area contributed by atoms with Crippen LogP contribution in [0.1, 0.15) is 37.5 Å². The minimum atomic E-state index is -3.72. The van der Waals surface area contributed by atoms with Crippen LogP contribution < -0.4 is 10.0 Å². The van der Waals surface area contributed by atoms with Gasteiger partial charge in [-0.1, -0.05) is 39.0 Å². The van der Waals surface area contributed by atoms with Crippen LogP contribution in [0.15, 0.2) is 47.4 Å². The van der Waals surface area contributed by atoms with Gasteiger partial charge in [0.2, 0.25) is 0 Å². The summed E-state index contributed by atoms with van der Waals surface area (Å²) in [5.74, 6) is -0.905. The van der Waals surface area contributed by atoms with Crippen LogP contribution in [0.25, 0.3) is 0 Å². The Morgan fingerprint density at radius 2 is 1.78 bits per heavy atom. The zero-order chi connectivity index (χ0) is 19.8. The molecule has 0 radical (unpaired) electrons. The third-order valence-electron chi connectivity index (χ3n) is 4.75. The first-order valence-electron chi connectivity index (χ1n) is 8.77. The Bertz CT molecular complexity index is 960. The molecule has 7 heteroatoms. The van der Waals surface area contributed by atoms with Crippen LogP contribution in [0.4, 0.5) is 5.69 Å². The molecular formula is C20H24N2O4S. The maximum Gasteiger partial charge on any atom is 0.321 e. The second-order valence-corrected chi connectivity index (χ2v) is 9.52. The first-order valence-corrected chi connectivity index (χ1v) is 10.3. The van der Waals surface area contributed by atoms with Gasteiger partial charge in [0.1, 0.15) is 6.04 Å². The van der Waals surface area contributed by atoms with Crippen LogP contribution in [0.2, 0.25) is 0 Å². The molecule has 1 aliphatic heterocycles. The minimum Gasteiger partial charge on any atom is -0.480 e. The predicted molar refractivity (Wildman–Crippen MR) is 104 cm³/mol. The molecule has 0 unspecified atom stereocenters. The Hall–Kier alpha value is -2.38. The zero-order valence-electron chi connectivity index (χ0n) is 15.6. The van der Waals surface area contributed by atoms with Gasteiger partial charge >= 0.3 is 5.97 Å². The largest absolute Gasteiger partial charge is 0.480 e. The lowest BCUT2D eigenvalue weighted by Gasteiger charge is -2.23. The lowest BCUT2D eigenvalue weighted by Crippen LogP contribution is -2.41. The molecule has 0 saturated heterocycles. The molecule has 3 N–H and O–H groups in total. The number of carboxylic acids is 1. The first kappa shape index (κ1) is 19.4. The van der Waals surface area contributed by atoms with Gasteiger partial charge in [0.25, 0.3) is 10.0 Å².